The van der Waals surface area contributed by atoms with Crippen LogP contribution in [0.5, 0.6) is 11.5 Å². The summed E-state index contributed by atoms with van der Waals surface area (Å²) < 4.78 is 6.71. The maximum atomic E-state index is 5.81. The number of hydrogen-bond acceptors (Lipinski definition) is 3. The van der Waals surface area contributed by atoms with Crippen molar-refractivity contribution in [1.29, 1.82) is 0 Å². The molecule has 1 N–H and O–H groups in total. The molecule has 0 aliphatic carbocycles. The minimum absolute atomic E-state index is 0.314. The lowest BCUT2D eigenvalue weighted by atomic mass is 10.1. The summed E-state index contributed by atoms with van der Waals surface area (Å²) in [6, 6.07) is 10.3. The Kier molecular flexibility index (Phi) is 4.93. The summed E-state index contributed by atoms with van der Waals surface area (Å²) in [6.45, 7) is 5.19. The first-order valence-corrected chi connectivity index (χ1v) is 7.10. The van der Waals surface area contributed by atoms with Gasteiger partial charge in [0.25, 0.3) is 0 Å². The highest BCUT2D eigenvalue weighted by molar-refractivity contribution is 9.10. The molecule has 2 rings (SSSR count). The molecule has 0 radical (unpaired) electrons. The molecular formula is C15H17BrN2O. The molecule has 1 aromatic heterocycles. The fraction of sp³-hybridized carbons (Fsp3) is 0.267. The van der Waals surface area contributed by atoms with E-state index in [9.17, 15) is 0 Å². The molecule has 0 amide bonds. The molecule has 0 saturated heterocycles. The summed E-state index contributed by atoms with van der Waals surface area (Å²) in [5.74, 6) is 1.55. The van der Waals surface area contributed by atoms with Crippen molar-refractivity contribution in [3.63, 3.8) is 0 Å². The zero-order valence-electron chi connectivity index (χ0n) is 11.1. The van der Waals surface area contributed by atoms with Gasteiger partial charge in [0.15, 0.2) is 0 Å². The maximum absolute atomic E-state index is 5.81. The Labute approximate surface area is 122 Å². The standard InChI is InChI=1S/C15H17BrN2O/c1-3-18-11(2)12-5-4-6-14(7-12)19-15-8-13(16)9-17-10-15/h4-11,18H,3H2,1-2H3. The van der Waals surface area contributed by atoms with Crippen molar-refractivity contribution < 1.29 is 4.74 Å². The molecule has 4 heteroatoms. The molecule has 3 nitrogen and oxygen atoms in total. The van der Waals surface area contributed by atoms with Gasteiger partial charge in [0.1, 0.15) is 11.5 Å². The number of benzene rings is 1. The Bertz CT molecular complexity index is 545. The number of halogens is 1. The molecule has 0 aliphatic heterocycles. The van der Waals surface area contributed by atoms with E-state index in [1.807, 2.05) is 24.3 Å². The van der Waals surface area contributed by atoms with Gasteiger partial charge in [-0.05, 0) is 53.2 Å². The van der Waals surface area contributed by atoms with Crippen LogP contribution in [-0.4, -0.2) is 11.5 Å². The molecule has 1 heterocycles. The van der Waals surface area contributed by atoms with Crippen LogP contribution in [0.1, 0.15) is 25.5 Å². The van der Waals surface area contributed by atoms with Crippen LogP contribution in [0.3, 0.4) is 0 Å². The van der Waals surface area contributed by atoms with Crippen LogP contribution in [0.15, 0.2) is 47.2 Å². The van der Waals surface area contributed by atoms with Gasteiger partial charge in [-0.1, -0.05) is 19.1 Å². The third-order valence-corrected chi connectivity index (χ3v) is 3.22. The van der Waals surface area contributed by atoms with Crippen LogP contribution in [0.25, 0.3) is 0 Å². The van der Waals surface area contributed by atoms with E-state index in [4.69, 9.17) is 4.74 Å². The van der Waals surface area contributed by atoms with E-state index in [1.165, 1.54) is 5.56 Å². The first-order valence-electron chi connectivity index (χ1n) is 6.31. The summed E-state index contributed by atoms with van der Waals surface area (Å²) >= 11 is 3.38. The van der Waals surface area contributed by atoms with Crippen LogP contribution in [-0.2, 0) is 0 Å². The highest BCUT2D eigenvalue weighted by Gasteiger charge is 2.05. The first-order chi connectivity index (χ1) is 9.19. The summed E-state index contributed by atoms with van der Waals surface area (Å²) in [5, 5.41) is 3.39. The largest absolute Gasteiger partial charge is 0.456 e. The van der Waals surface area contributed by atoms with Gasteiger partial charge in [0, 0.05) is 16.7 Å². The average Bonchev–Trinajstić information content (AvgIpc) is 2.39. The summed E-state index contributed by atoms with van der Waals surface area (Å²) in [5.41, 5.74) is 1.21. The molecule has 0 bridgehead atoms. The number of hydrogen-bond donors (Lipinski definition) is 1. The van der Waals surface area contributed by atoms with Gasteiger partial charge in [0.05, 0.1) is 6.20 Å². The first kappa shape index (κ1) is 14.0. The molecule has 0 fully saturated rings. The fourth-order valence-electron chi connectivity index (χ4n) is 1.86. The Morgan fingerprint density at radius 2 is 2.11 bits per heavy atom. The quantitative estimate of drug-likeness (QED) is 0.891. The van der Waals surface area contributed by atoms with Crippen LogP contribution in [0.4, 0.5) is 0 Å². The summed E-state index contributed by atoms with van der Waals surface area (Å²) in [4.78, 5) is 4.08. The Hall–Kier alpha value is -1.39. The molecule has 100 valence electrons. The van der Waals surface area contributed by atoms with Crippen molar-refractivity contribution in [2.75, 3.05) is 6.54 Å². The van der Waals surface area contributed by atoms with Crippen molar-refractivity contribution in [3.05, 3.63) is 52.8 Å². The van der Waals surface area contributed by atoms with Crippen LogP contribution in [0, 0.1) is 0 Å². The summed E-state index contributed by atoms with van der Waals surface area (Å²) in [6.07, 6.45) is 3.43. The van der Waals surface area contributed by atoms with Gasteiger partial charge in [-0.15, -0.1) is 0 Å². The third kappa shape index (κ3) is 4.04. The lowest BCUT2D eigenvalue weighted by molar-refractivity contribution is 0.477. The smallest absolute Gasteiger partial charge is 0.146 e. The molecule has 1 aromatic carbocycles. The van der Waals surface area contributed by atoms with E-state index < -0.39 is 0 Å². The van der Waals surface area contributed by atoms with E-state index in [-0.39, 0.29) is 0 Å². The number of nitrogens with one attached hydrogen (secondary N) is 1. The lowest BCUT2D eigenvalue weighted by Crippen LogP contribution is -2.17. The zero-order valence-corrected chi connectivity index (χ0v) is 12.6. The molecular weight excluding hydrogens is 304 g/mol. The second kappa shape index (κ2) is 6.68. The molecule has 0 aliphatic rings. The predicted molar refractivity (Wildman–Crippen MR) is 80.5 cm³/mol. The highest BCUT2D eigenvalue weighted by Crippen LogP contribution is 2.25. The molecule has 0 spiro atoms. The van der Waals surface area contributed by atoms with Crippen LogP contribution in [0.2, 0.25) is 0 Å². The van der Waals surface area contributed by atoms with Gasteiger partial charge in [-0.3, -0.25) is 4.98 Å². The van der Waals surface area contributed by atoms with E-state index in [2.05, 4.69) is 46.1 Å². The number of nitrogens with zero attached hydrogens (tertiary/aromatic N) is 1. The minimum Gasteiger partial charge on any atom is -0.456 e. The topological polar surface area (TPSA) is 34.1 Å². The third-order valence-electron chi connectivity index (χ3n) is 2.78. The Morgan fingerprint density at radius 3 is 2.84 bits per heavy atom. The van der Waals surface area contributed by atoms with Gasteiger partial charge < -0.3 is 10.1 Å². The second-order valence-corrected chi connectivity index (χ2v) is 5.21. The van der Waals surface area contributed by atoms with Gasteiger partial charge in [-0.25, -0.2) is 0 Å². The maximum Gasteiger partial charge on any atom is 0.146 e. The number of rotatable bonds is 5. The second-order valence-electron chi connectivity index (χ2n) is 4.29. The number of ether oxygens (including phenoxy) is 1. The number of aromatic nitrogens is 1. The highest BCUT2D eigenvalue weighted by atomic mass is 79.9. The fourth-order valence-corrected chi connectivity index (χ4v) is 2.20. The van der Waals surface area contributed by atoms with E-state index >= 15 is 0 Å². The molecule has 0 saturated carbocycles. The molecule has 2 aromatic rings. The Balaban J connectivity index is 2.15. The van der Waals surface area contributed by atoms with Crippen LogP contribution < -0.4 is 10.1 Å². The van der Waals surface area contributed by atoms with Crippen molar-refractivity contribution >= 4 is 15.9 Å². The number of pyridine rings is 1. The van der Waals surface area contributed by atoms with Crippen molar-refractivity contribution in [3.8, 4) is 11.5 Å². The van der Waals surface area contributed by atoms with Crippen molar-refractivity contribution in [2.24, 2.45) is 0 Å². The SMILES string of the molecule is CCNC(C)c1cccc(Oc2cncc(Br)c2)c1. The molecule has 19 heavy (non-hydrogen) atoms. The van der Waals surface area contributed by atoms with Crippen LogP contribution >= 0.6 is 15.9 Å². The predicted octanol–water partition coefficient (Wildman–Crippen LogP) is 4.31. The van der Waals surface area contributed by atoms with E-state index in [1.54, 1.807) is 12.4 Å². The van der Waals surface area contributed by atoms with Gasteiger partial charge >= 0.3 is 0 Å². The van der Waals surface area contributed by atoms with Crippen molar-refractivity contribution in [2.45, 2.75) is 19.9 Å². The van der Waals surface area contributed by atoms with Gasteiger partial charge in [-0.2, -0.15) is 0 Å². The molecule has 1 atom stereocenters. The van der Waals surface area contributed by atoms with Crippen molar-refractivity contribution in [1.82, 2.24) is 10.3 Å². The average molecular weight is 321 g/mol. The van der Waals surface area contributed by atoms with E-state index in [0.29, 0.717) is 6.04 Å². The normalized spacial score (nSPS) is 12.2. The molecule has 1 unspecified atom stereocenters. The Morgan fingerprint density at radius 1 is 1.26 bits per heavy atom. The van der Waals surface area contributed by atoms with Gasteiger partial charge in [0.2, 0.25) is 0 Å². The minimum atomic E-state index is 0.314. The zero-order chi connectivity index (χ0) is 13.7. The summed E-state index contributed by atoms with van der Waals surface area (Å²) in [7, 11) is 0. The van der Waals surface area contributed by atoms with E-state index in [0.717, 1.165) is 22.5 Å². The monoisotopic (exact) mass is 320 g/mol. The lowest BCUT2D eigenvalue weighted by Gasteiger charge is -2.14.